The highest BCUT2D eigenvalue weighted by Gasteiger charge is 2.19. The second-order valence-corrected chi connectivity index (χ2v) is 8.81. The normalized spacial score (nSPS) is 11.3. The molecular formula is C25H31FN4O5. The number of carbonyl (C=O) groups is 1. The predicted molar refractivity (Wildman–Crippen MR) is 129 cm³/mol. The van der Waals surface area contributed by atoms with Crippen LogP contribution in [0.3, 0.4) is 0 Å². The first-order valence-electron chi connectivity index (χ1n) is 11.7. The molecule has 0 N–H and O–H groups in total. The molecule has 188 valence electrons. The van der Waals surface area contributed by atoms with Crippen LogP contribution in [-0.2, 0) is 36.2 Å². The van der Waals surface area contributed by atoms with Crippen LogP contribution in [-0.4, -0.2) is 31.7 Å². The van der Waals surface area contributed by atoms with Crippen molar-refractivity contribution in [3.05, 3.63) is 62.3 Å². The van der Waals surface area contributed by atoms with Gasteiger partial charge in [0.2, 0.25) is 0 Å². The molecule has 0 spiro atoms. The standard InChI is InChI=1S/C25H31FN4O5/c1-16(2)14-30-23-22(24(32)29(4)25(30)33)27-19(11-6-5-9-13-34-17(3)31)20(28-23)15-35-21-12-8-7-10-18(21)26/h7-8,10,12,16H,5-6,9,11,13-15H2,1-4H3. The zero-order valence-electron chi connectivity index (χ0n) is 20.5. The molecule has 2 aromatic heterocycles. The van der Waals surface area contributed by atoms with E-state index in [1.165, 1.54) is 30.7 Å². The molecule has 0 aliphatic carbocycles. The van der Waals surface area contributed by atoms with Crippen molar-refractivity contribution in [2.45, 2.75) is 59.6 Å². The summed E-state index contributed by atoms with van der Waals surface area (Å²) in [5.41, 5.74) is 0.300. The summed E-state index contributed by atoms with van der Waals surface area (Å²) in [6.45, 7) is 5.92. The van der Waals surface area contributed by atoms with E-state index in [1.807, 2.05) is 13.8 Å². The summed E-state index contributed by atoms with van der Waals surface area (Å²) in [6, 6.07) is 6.05. The molecule has 10 heteroatoms. The molecule has 0 radical (unpaired) electrons. The Kier molecular flexibility index (Phi) is 8.73. The molecule has 0 unspecified atom stereocenters. The maximum absolute atomic E-state index is 14.1. The molecule has 35 heavy (non-hydrogen) atoms. The van der Waals surface area contributed by atoms with Crippen LogP contribution in [0.5, 0.6) is 5.75 Å². The van der Waals surface area contributed by atoms with Crippen LogP contribution < -0.4 is 16.0 Å². The number of benzene rings is 1. The maximum Gasteiger partial charge on any atom is 0.332 e. The number of carbonyl (C=O) groups excluding carboxylic acids is 1. The molecule has 9 nitrogen and oxygen atoms in total. The fourth-order valence-electron chi connectivity index (χ4n) is 3.68. The Morgan fingerprint density at radius 1 is 1.09 bits per heavy atom. The van der Waals surface area contributed by atoms with E-state index in [-0.39, 0.29) is 35.4 Å². The van der Waals surface area contributed by atoms with Gasteiger partial charge in [-0.25, -0.2) is 19.2 Å². The molecule has 3 aromatic rings. The van der Waals surface area contributed by atoms with Crippen molar-refractivity contribution >= 4 is 17.1 Å². The number of aryl methyl sites for hydroxylation is 1. The molecule has 0 amide bonds. The summed E-state index contributed by atoms with van der Waals surface area (Å²) in [5, 5.41) is 0. The lowest BCUT2D eigenvalue weighted by molar-refractivity contribution is -0.141. The number of fused-ring (bicyclic) bond motifs is 1. The SMILES string of the molecule is CC(=O)OCCCCCc1nc2c(=O)n(C)c(=O)n(CC(C)C)c2nc1COc1ccccc1F. The Morgan fingerprint density at radius 2 is 1.83 bits per heavy atom. The van der Waals surface area contributed by atoms with Crippen LogP contribution in [0.2, 0.25) is 0 Å². The minimum Gasteiger partial charge on any atom is -0.484 e. The number of hydrogen-bond acceptors (Lipinski definition) is 7. The van der Waals surface area contributed by atoms with Crippen molar-refractivity contribution < 1.29 is 18.7 Å². The van der Waals surface area contributed by atoms with E-state index < -0.39 is 17.1 Å². The fraction of sp³-hybridized carbons (Fsp3) is 0.480. The van der Waals surface area contributed by atoms with E-state index in [2.05, 4.69) is 9.97 Å². The summed E-state index contributed by atoms with van der Waals surface area (Å²) < 4.78 is 27.2. The number of hydrogen-bond donors (Lipinski definition) is 0. The van der Waals surface area contributed by atoms with Gasteiger partial charge in [-0.15, -0.1) is 0 Å². The minimum absolute atomic E-state index is 0.0717. The van der Waals surface area contributed by atoms with E-state index in [0.29, 0.717) is 43.8 Å². The summed E-state index contributed by atoms with van der Waals surface area (Å²) in [5.74, 6) is -0.615. The zero-order valence-corrected chi connectivity index (χ0v) is 20.5. The van der Waals surface area contributed by atoms with Gasteiger partial charge >= 0.3 is 11.7 Å². The summed E-state index contributed by atoms with van der Waals surface area (Å²) in [7, 11) is 1.42. The number of halogens is 1. The second-order valence-electron chi connectivity index (χ2n) is 8.81. The lowest BCUT2D eigenvalue weighted by Crippen LogP contribution is -2.40. The number of esters is 1. The number of nitrogens with zero attached hydrogens (tertiary/aromatic N) is 4. The van der Waals surface area contributed by atoms with E-state index in [1.54, 1.807) is 12.1 Å². The number of unbranched alkanes of at least 4 members (excludes halogenated alkanes) is 2. The second kappa shape index (κ2) is 11.7. The Labute approximate surface area is 202 Å². The molecule has 0 saturated heterocycles. The Bertz CT molecular complexity index is 1320. The van der Waals surface area contributed by atoms with Gasteiger partial charge in [-0.2, -0.15) is 0 Å². The average Bonchev–Trinajstić information content (AvgIpc) is 2.81. The van der Waals surface area contributed by atoms with Crippen LogP contribution in [0.1, 0.15) is 51.4 Å². The molecule has 0 bridgehead atoms. The highest BCUT2D eigenvalue weighted by atomic mass is 19.1. The van der Waals surface area contributed by atoms with E-state index in [0.717, 1.165) is 11.0 Å². The van der Waals surface area contributed by atoms with Crippen LogP contribution in [0.25, 0.3) is 11.2 Å². The van der Waals surface area contributed by atoms with E-state index >= 15 is 0 Å². The topological polar surface area (TPSA) is 105 Å². The summed E-state index contributed by atoms with van der Waals surface area (Å²) in [4.78, 5) is 45.9. The van der Waals surface area contributed by atoms with Crippen molar-refractivity contribution in [2.24, 2.45) is 13.0 Å². The van der Waals surface area contributed by atoms with Crippen molar-refractivity contribution in [1.82, 2.24) is 19.1 Å². The monoisotopic (exact) mass is 486 g/mol. The molecule has 3 rings (SSSR count). The molecule has 0 fully saturated rings. The average molecular weight is 487 g/mol. The molecule has 2 heterocycles. The molecule has 1 aromatic carbocycles. The van der Waals surface area contributed by atoms with Gasteiger partial charge in [-0.05, 0) is 43.7 Å². The number of aromatic nitrogens is 4. The third kappa shape index (κ3) is 6.52. The number of ether oxygens (including phenoxy) is 2. The molecule has 0 saturated carbocycles. The van der Waals surface area contributed by atoms with Crippen molar-refractivity contribution in [1.29, 1.82) is 0 Å². The quantitative estimate of drug-likeness (QED) is 0.303. The van der Waals surface area contributed by atoms with Crippen LogP contribution >= 0.6 is 0 Å². The zero-order chi connectivity index (χ0) is 25.5. The molecule has 0 aliphatic heterocycles. The fourth-order valence-corrected chi connectivity index (χ4v) is 3.68. The van der Waals surface area contributed by atoms with Gasteiger partial charge in [-0.3, -0.25) is 18.7 Å². The molecule has 0 aliphatic rings. The Hall–Kier alpha value is -3.56. The number of rotatable bonds is 11. The van der Waals surface area contributed by atoms with Gasteiger partial charge in [0.25, 0.3) is 5.56 Å². The van der Waals surface area contributed by atoms with Gasteiger partial charge in [0.1, 0.15) is 12.3 Å². The first-order valence-corrected chi connectivity index (χ1v) is 11.7. The smallest absolute Gasteiger partial charge is 0.332 e. The van der Waals surface area contributed by atoms with Crippen molar-refractivity contribution in [3.8, 4) is 5.75 Å². The largest absolute Gasteiger partial charge is 0.484 e. The van der Waals surface area contributed by atoms with E-state index in [9.17, 15) is 18.8 Å². The lowest BCUT2D eigenvalue weighted by atomic mass is 10.1. The molecular weight excluding hydrogens is 455 g/mol. The highest BCUT2D eigenvalue weighted by molar-refractivity contribution is 5.69. The summed E-state index contributed by atoms with van der Waals surface area (Å²) >= 11 is 0. The Balaban J connectivity index is 1.98. The van der Waals surface area contributed by atoms with Crippen LogP contribution in [0.15, 0.2) is 33.9 Å². The van der Waals surface area contributed by atoms with Gasteiger partial charge in [0.05, 0.1) is 12.3 Å². The van der Waals surface area contributed by atoms with Crippen LogP contribution in [0.4, 0.5) is 4.39 Å². The number of para-hydroxylation sites is 1. The van der Waals surface area contributed by atoms with Crippen LogP contribution in [0, 0.1) is 11.7 Å². The first-order chi connectivity index (χ1) is 16.7. The van der Waals surface area contributed by atoms with Crippen molar-refractivity contribution in [3.63, 3.8) is 0 Å². The third-order valence-electron chi connectivity index (χ3n) is 5.43. The lowest BCUT2D eigenvalue weighted by Gasteiger charge is -2.16. The first kappa shape index (κ1) is 26.1. The highest BCUT2D eigenvalue weighted by Crippen LogP contribution is 2.19. The Morgan fingerprint density at radius 3 is 2.51 bits per heavy atom. The maximum atomic E-state index is 14.1. The summed E-state index contributed by atoms with van der Waals surface area (Å²) in [6.07, 6.45) is 2.66. The van der Waals surface area contributed by atoms with Crippen molar-refractivity contribution in [2.75, 3.05) is 6.61 Å². The van der Waals surface area contributed by atoms with E-state index in [4.69, 9.17) is 9.47 Å². The molecule has 0 atom stereocenters. The van der Waals surface area contributed by atoms with Gasteiger partial charge in [0.15, 0.2) is 22.7 Å². The minimum atomic E-state index is -0.518. The van der Waals surface area contributed by atoms with Gasteiger partial charge in [0, 0.05) is 20.5 Å². The third-order valence-corrected chi connectivity index (χ3v) is 5.43. The predicted octanol–water partition coefficient (Wildman–Crippen LogP) is 3.14. The van der Waals surface area contributed by atoms with Gasteiger partial charge in [-0.1, -0.05) is 26.0 Å². The van der Waals surface area contributed by atoms with Gasteiger partial charge < -0.3 is 9.47 Å².